The maximum atomic E-state index is 9.70. The van der Waals surface area contributed by atoms with Gasteiger partial charge in [0.25, 0.3) is 0 Å². The second-order valence-corrected chi connectivity index (χ2v) is 1.17. The molecule has 8 heavy (non-hydrogen) atoms. The lowest BCUT2D eigenvalue weighted by Crippen LogP contribution is -2.21. The highest BCUT2D eigenvalue weighted by molar-refractivity contribution is 5.75. The fourth-order valence-electron chi connectivity index (χ4n) is 0.232. The van der Waals surface area contributed by atoms with Crippen molar-refractivity contribution < 1.29 is 9.90 Å². The molecule has 0 aliphatic rings. The summed E-state index contributed by atoms with van der Waals surface area (Å²) in [6.45, 7) is 2.64. The van der Waals surface area contributed by atoms with Gasteiger partial charge in [0.2, 0.25) is 0 Å². The van der Waals surface area contributed by atoms with Gasteiger partial charge in [-0.1, -0.05) is 6.92 Å². The lowest BCUT2D eigenvalue weighted by atomic mass is 10.6. The Bertz CT molecular complexity index is 67.1. The first-order valence-corrected chi connectivity index (χ1v) is 2.20. The Kier molecular flexibility index (Phi) is 8.50. The molecular formula is C4H9BNO2. The van der Waals surface area contributed by atoms with Crippen molar-refractivity contribution in [2.75, 3.05) is 13.1 Å². The molecule has 0 rings (SSSR count). The van der Waals surface area contributed by atoms with Crippen LogP contribution in [0.15, 0.2) is 0 Å². The summed E-state index contributed by atoms with van der Waals surface area (Å²) in [4.78, 5) is 9.70. The molecule has 0 heterocycles. The molecule has 0 saturated heterocycles. The fraction of sp³-hybridized carbons (Fsp3) is 0.750. The van der Waals surface area contributed by atoms with E-state index in [-0.39, 0.29) is 15.0 Å². The van der Waals surface area contributed by atoms with Crippen molar-refractivity contribution in [2.45, 2.75) is 6.92 Å². The van der Waals surface area contributed by atoms with Gasteiger partial charge < -0.3 is 10.4 Å². The average molecular weight is 114 g/mol. The number of hydrogen-bond donors (Lipinski definition) is 2. The van der Waals surface area contributed by atoms with Crippen LogP contribution in [0.2, 0.25) is 0 Å². The molecule has 0 aromatic heterocycles. The van der Waals surface area contributed by atoms with Crippen LogP contribution in [-0.2, 0) is 4.79 Å². The summed E-state index contributed by atoms with van der Waals surface area (Å²) in [6.07, 6.45) is 0. The van der Waals surface area contributed by atoms with E-state index < -0.39 is 5.97 Å². The van der Waals surface area contributed by atoms with Gasteiger partial charge in [-0.25, -0.2) is 0 Å². The molecule has 2 N–H and O–H groups in total. The molecule has 3 radical (unpaired) electrons. The maximum Gasteiger partial charge on any atom is 0.317 e. The Balaban J connectivity index is 0. The number of aliphatic carboxylic acids is 1. The van der Waals surface area contributed by atoms with E-state index in [1.165, 1.54) is 0 Å². The Morgan fingerprint density at radius 2 is 2.25 bits per heavy atom. The van der Waals surface area contributed by atoms with Crippen LogP contribution >= 0.6 is 0 Å². The highest BCUT2D eigenvalue weighted by Crippen LogP contribution is 1.56. The van der Waals surface area contributed by atoms with Gasteiger partial charge in [-0.3, -0.25) is 4.79 Å². The predicted octanol–water partition coefficient (Wildman–Crippen LogP) is -0.700. The molecular weight excluding hydrogens is 105 g/mol. The summed E-state index contributed by atoms with van der Waals surface area (Å²) in [5.74, 6) is -0.804. The monoisotopic (exact) mass is 114 g/mol. The molecule has 4 heteroatoms. The molecule has 0 saturated carbocycles. The van der Waals surface area contributed by atoms with Crippen LogP contribution in [0, 0.1) is 0 Å². The molecule has 0 aliphatic carbocycles. The number of carbonyl (C=O) groups is 1. The van der Waals surface area contributed by atoms with Crippen molar-refractivity contribution in [1.29, 1.82) is 0 Å². The van der Waals surface area contributed by atoms with Gasteiger partial charge in [0, 0.05) is 8.41 Å². The van der Waals surface area contributed by atoms with Crippen LogP contribution in [0.1, 0.15) is 6.92 Å². The highest BCUT2D eigenvalue weighted by Gasteiger charge is 1.88. The minimum atomic E-state index is -0.804. The molecule has 3 nitrogen and oxygen atoms in total. The molecule has 0 fully saturated rings. The van der Waals surface area contributed by atoms with Crippen LogP contribution in [0.4, 0.5) is 0 Å². The summed E-state index contributed by atoms with van der Waals surface area (Å²) in [5, 5.41) is 10.6. The molecule has 0 spiro atoms. The van der Waals surface area contributed by atoms with Gasteiger partial charge in [-0.15, -0.1) is 0 Å². The Hall–Kier alpha value is -0.505. The molecule has 0 amide bonds. The van der Waals surface area contributed by atoms with E-state index in [9.17, 15) is 4.79 Å². The largest absolute Gasteiger partial charge is 0.480 e. The second kappa shape index (κ2) is 6.49. The lowest BCUT2D eigenvalue weighted by molar-refractivity contribution is -0.135. The minimum absolute atomic E-state index is 0. The van der Waals surface area contributed by atoms with E-state index >= 15 is 0 Å². The third kappa shape index (κ3) is 9.09. The molecule has 0 atom stereocenters. The average Bonchev–Trinajstić information content (AvgIpc) is 1.61. The van der Waals surface area contributed by atoms with E-state index in [2.05, 4.69) is 5.32 Å². The molecule has 0 aromatic carbocycles. The Morgan fingerprint density at radius 3 is 2.38 bits per heavy atom. The van der Waals surface area contributed by atoms with Crippen LogP contribution in [0.5, 0.6) is 0 Å². The molecule has 45 valence electrons. The first kappa shape index (κ1) is 10.5. The second-order valence-electron chi connectivity index (χ2n) is 1.17. The summed E-state index contributed by atoms with van der Waals surface area (Å²) in [7, 11) is 0. The van der Waals surface area contributed by atoms with Gasteiger partial charge in [-0.2, -0.15) is 0 Å². The van der Waals surface area contributed by atoms with Crippen molar-refractivity contribution in [3.05, 3.63) is 0 Å². The molecule has 0 aromatic rings. The third-order valence-corrected chi connectivity index (χ3v) is 0.526. The summed E-state index contributed by atoms with van der Waals surface area (Å²) in [6, 6.07) is 0. The SMILES string of the molecule is CCNCC(=O)O.[B]. The van der Waals surface area contributed by atoms with E-state index in [4.69, 9.17) is 5.11 Å². The normalized spacial score (nSPS) is 7.62. The van der Waals surface area contributed by atoms with Crippen LogP contribution in [-0.4, -0.2) is 32.6 Å². The van der Waals surface area contributed by atoms with Crippen molar-refractivity contribution in [3.8, 4) is 0 Å². The van der Waals surface area contributed by atoms with Crippen molar-refractivity contribution in [3.63, 3.8) is 0 Å². The van der Waals surface area contributed by atoms with Crippen LogP contribution < -0.4 is 5.32 Å². The first-order valence-electron chi connectivity index (χ1n) is 2.20. The summed E-state index contributed by atoms with van der Waals surface area (Å²) >= 11 is 0. The number of hydrogen-bond acceptors (Lipinski definition) is 2. The van der Waals surface area contributed by atoms with E-state index in [1.54, 1.807) is 0 Å². The van der Waals surface area contributed by atoms with E-state index in [0.29, 0.717) is 6.54 Å². The number of nitrogens with one attached hydrogen (secondary N) is 1. The fourth-order valence-corrected chi connectivity index (χ4v) is 0.232. The zero-order valence-corrected chi connectivity index (χ0v) is 4.85. The quantitative estimate of drug-likeness (QED) is 0.477. The van der Waals surface area contributed by atoms with Gasteiger partial charge >= 0.3 is 5.97 Å². The third-order valence-electron chi connectivity index (χ3n) is 0.526. The van der Waals surface area contributed by atoms with E-state index in [1.807, 2.05) is 6.92 Å². The Labute approximate surface area is 50.7 Å². The van der Waals surface area contributed by atoms with Crippen molar-refractivity contribution >= 4 is 14.4 Å². The molecule has 0 bridgehead atoms. The van der Waals surface area contributed by atoms with Crippen molar-refractivity contribution in [1.82, 2.24) is 5.32 Å². The molecule has 0 unspecified atom stereocenters. The number of carboxylic acid groups (broad SMARTS) is 1. The molecule has 0 aliphatic heterocycles. The lowest BCUT2D eigenvalue weighted by Gasteiger charge is -1.90. The van der Waals surface area contributed by atoms with Crippen molar-refractivity contribution in [2.24, 2.45) is 0 Å². The zero-order valence-electron chi connectivity index (χ0n) is 4.85. The number of carboxylic acids is 1. The van der Waals surface area contributed by atoms with Gasteiger partial charge in [0.1, 0.15) is 0 Å². The van der Waals surface area contributed by atoms with Crippen LogP contribution in [0.3, 0.4) is 0 Å². The standard InChI is InChI=1S/C4H9NO2.B/c1-2-5-3-4(6)7;/h5H,2-3H2,1H3,(H,6,7);. The first-order chi connectivity index (χ1) is 3.27. The van der Waals surface area contributed by atoms with Gasteiger partial charge in [0.05, 0.1) is 6.54 Å². The van der Waals surface area contributed by atoms with E-state index in [0.717, 1.165) is 0 Å². The summed E-state index contributed by atoms with van der Waals surface area (Å²) in [5.41, 5.74) is 0. The predicted molar refractivity (Wildman–Crippen MR) is 31.9 cm³/mol. The number of rotatable bonds is 3. The minimum Gasteiger partial charge on any atom is -0.480 e. The van der Waals surface area contributed by atoms with Gasteiger partial charge in [-0.05, 0) is 6.54 Å². The maximum absolute atomic E-state index is 9.70. The topological polar surface area (TPSA) is 49.3 Å². The summed E-state index contributed by atoms with van der Waals surface area (Å²) < 4.78 is 0. The smallest absolute Gasteiger partial charge is 0.317 e. The Morgan fingerprint density at radius 1 is 1.75 bits per heavy atom. The van der Waals surface area contributed by atoms with Gasteiger partial charge in [0.15, 0.2) is 0 Å². The number of likely N-dealkylation sites (N-methyl/N-ethyl adjacent to an activating group) is 1. The zero-order chi connectivity index (χ0) is 5.70. The highest BCUT2D eigenvalue weighted by atomic mass is 16.4. The van der Waals surface area contributed by atoms with Crippen LogP contribution in [0.25, 0.3) is 0 Å².